The molecule has 3 aromatic carbocycles. The van der Waals surface area contributed by atoms with E-state index in [9.17, 15) is 14.7 Å². The summed E-state index contributed by atoms with van der Waals surface area (Å²) >= 11 is 3.46. The van der Waals surface area contributed by atoms with Gasteiger partial charge in [-0.15, -0.1) is 0 Å². The minimum atomic E-state index is -0.796. The zero-order valence-electron chi connectivity index (χ0n) is 18.6. The van der Waals surface area contributed by atoms with Crippen LogP contribution in [0.25, 0.3) is 5.76 Å². The van der Waals surface area contributed by atoms with Crippen LogP contribution >= 0.6 is 15.9 Å². The molecule has 6 heteroatoms. The number of ketones is 1. The van der Waals surface area contributed by atoms with Crippen LogP contribution < -0.4 is 9.64 Å². The smallest absolute Gasteiger partial charge is 0.300 e. The average Bonchev–Trinajstić information content (AvgIpc) is 3.06. The van der Waals surface area contributed by atoms with Crippen molar-refractivity contribution in [3.63, 3.8) is 0 Å². The van der Waals surface area contributed by atoms with Crippen LogP contribution in [0.3, 0.4) is 0 Å². The zero-order valence-corrected chi connectivity index (χ0v) is 20.2. The number of aliphatic hydroxyl groups is 1. The van der Waals surface area contributed by atoms with Crippen molar-refractivity contribution in [2.75, 3.05) is 11.5 Å². The SMILES string of the molecule is CCOc1cccc(C2/C(=C(/O)c3ccc(Br)c(C)c3)C(=O)C(=O)N2c2ccccc2C)c1. The molecule has 1 N–H and O–H groups in total. The van der Waals surface area contributed by atoms with E-state index in [0.29, 0.717) is 29.2 Å². The van der Waals surface area contributed by atoms with Crippen LogP contribution in [0.4, 0.5) is 5.69 Å². The lowest BCUT2D eigenvalue weighted by Gasteiger charge is -2.27. The van der Waals surface area contributed by atoms with E-state index >= 15 is 0 Å². The lowest BCUT2D eigenvalue weighted by atomic mass is 9.94. The quantitative estimate of drug-likeness (QED) is 0.258. The summed E-state index contributed by atoms with van der Waals surface area (Å²) < 4.78 is 6.55. The standard InChI is InChI=1S/C27H24BrNO4/c1-4-33-20-10-7-9-18(15-20)24-23(25(30)19-12-13-21(28)17(3)14-19)26(31)27(32)29(24)22-11-6-5-8-16(22)2/h5-15,24,30H,4H2,1-3H3/b25-23-. The van der Waals surface area contributed by atoms with Crippen molar-refractivity contribution >= 4 is 39.1 Å². The van der Waals surface area contributed by atoms with Gasteiger partial charge < -0.3 is 9.84 Å². The Balaban J connectivity index is 1.97. The molecule has 3 aromatic rings. The topological polar surface area (TPSA) is 66.8 Å². The van der Waals surface area contributed by atoms with Crippen molar-refractivity contribution in [2.24, 2.45) is 0 Å². The van der Waals surface area contributed by atoms with E-state index in [4.69, 9.17) is 4.74 Å². The number of ether oxygens (including phenoxy) is 1. The van der Waals surface area contributed by atoms with Gasteiger partial charge in [0.15, 0.2) is 0 Å². The predicted molar refractivity (Wildman–Crippen MR) is 132 cm³/mol. The normalized spacial score (nSPS) is 17.5. The first-order valence-electron chi connectivity index (χ1n) is 10.7. The van der Waals surface area contributed by atoms with Crippen LogP contribution in [0.15, 0.2) is 76.8 Å². The molecule has 33 heavy (non-hydrogen) atoms. The highest BCUT2D eigenvalue weighted by Gasteiger charge is 2.47. The molecule has 0 spiro atoms. The Labute approximate surface area is 201 Å². The van der Waals surface area contributed by atoms with Gasteiger partial charge in [0.05, 0.1) is 18.2 Å². The largest absolute Gasteiger partial charge is 0.507 e. The first kappa shape index (κ1) is 22.8. The Morgan fingerprint density at radius 2 is 1.76 bits per heavy atom. The Morgan fingerprint density at radius 1 is 1.00 bits per heavy atom. The number of benzene rings is 3. The number of nitrogens with zero attached hydrogens (tertiary/aromatic N) is 1. The molecule has 1 unspecified atom stereocenters. The van der Waals surface area contributed by atoms with Gasteiger partial charge in [-0.1, -0.05) is 52.3 Å². The van der Waals surface area contributed by atoms with Gasteiger partial charge >= 0.3 is 0 Å². The van der Waals surface area contributed by atoms with Gasteiger partial charge in [-0.2, -0.15) is 0 Å². The highest BCUT2D eigenvalue weighted by atomic mass is 79.9. The number of amides is 1. The lowest BCUT2D eigenvalue weighted by Crippen LogP contribution is -2.30. The summed E-state index contributed by atoms with van der Waals surface area (Å²) in [6, 6.07) is 19.2. The fourth-order valence-electron chi connectivity index (χ4n) is 4.12. The highest BCUT2D eigenvalue weighted by Crippen LogP contribution is 2.43. The fourth-order valence-corrected chi connectivity index (χ4v) is 4.37. The first-order chi connectivity index (χ1) is 15.8. The molecule has 1 saturated heterocycles. The van der Waals surface area contributed by atoms with Crippen molar-refractivity contribution < 1.29 is 19.4 Å². The molecule has 4 rings (SSSR count). The Hall–Kier alpha value is -3.38. The molecule has 0 aromatic heterocycles. The van der Waals surface area contributed by atoms with Crippen LogP contribution in [-0.4, -0.2) is 23.4 Å². The van der Waals surface area contributed by atoms with Crippen molar-refractivity contribution in [3.05, 3.63) is 99.0 Å². The zero-order chi connectivity index (χ0) is 23.7. The maximum atomic E-state index is 13.3. The van der Waals surface area contributed by atoms with E-state index in [2.05, 4.69) is 15.9 Å². The van der Waals surface area contributed by atoms with Gasteiger partial charge in [0.2, 0.25) is 0 Å². The van der Waals surface area contributed by atoms with Crippen LogP contribution in [0, 0.1) is 13.8 Å². The van der Waals surface area contributed by atoms with E-state index in [0.717, 1.165) is 15.6 Å². The number of carbonyl (C=O) groups excluding carboxylic acids is 2. The molecule has 0 aliphatic carbocycles. The van der Waals surface area contributed by atoms with Crippen molar-refractivity contribution in [2.45, 2.75) is 26.8 Å². The summed E-state index contributed by atoms with van der Waals surface area (Å²) in [5.41, 5.74) is 3.59. The fraction of sp³-hybridized carbons (Fsp3) is 0.185. The molecule has 1 heterocycles. The second kappa shape index (κ2) is 9.24. The molecule has 1 aliphatic heterocycles. The number of hydrogen-bond donors (Lipinski definition) is 1. The van der Waals surface area contributed by atoms with Gasteiger partial charge in [-0.3, -0.25) is 14.5 Å². The summed E-state index contributed by atoms with van der Waals surface area (Å²) in [6.07, 6.45) is 0. The molecule has 0 bridgehead atoms. The van der Waals surface area contributed by atoms with Crippen LogP contribution in [-0.2, 0) is 9.59 Å². The number of carbonyl (C=O) groups is 2. The van der Waals surface area contributed by atoms with Crippen LogP contribution in [0.5, 0.6) is 5.75 Å². The van der Waals surface area contributed by atoms with E-state index < -0.39 is 17.7 Å². The number of aryl methyl sites for hydroxylation is 2. The van der Waals surface area contributed by atoms with Gasteiger partial charge in [0, 0.05) is 15.7 Å². The number of Topliss-reactive ketones (excluding diaryl/α,β-unsaturated/α-hetero) is 1. The number of hydrogen-bond acceptors (Lipinski definition) is 4. The molecule has 0 radical (unpaired) electrons. The summed E-state index contributed by atoms with van der Waals surface area (Å²) in [4.78, 5) is 28.1. The van der Waals surface area contributed by atoms with E-state index in [1.165, 1.54) is 4.90 Å². The third-order valence-corrected chi connectivity index (χ3v) is 6.63. The number of para-hydroxylation sites is 1. The molecule has 5 nitrogen and oxygen atoms in total. The molecule has 1 fully saturated rings. The minimum Gasteiger partial charge on any atom is -0.507 e. The van der Waals surface area contributed by atoms with Crippen molar-refractivity contribution in [3.8, 4) is 5.75 Å². The van der Waals surface area contributed by atoms with Crippen molar-refractivity contribution in [1.29, 1.82) is 0 Å². The highest BCUT2D eigenvalue weighted by molar-refractivity contribution is 9.10. The number of rotatable bonds is 5. The maximum Gasteiger partial charge on any atom is 0.300 e. The molecule has 168 valence electrons. The minimum absolute atomic E-state index is 0.0543. The second-order valence-corrected chi connectivity index (χ2v) is 8.78. The summed E-state index contributed by atoms with van der Waals surface area (Å²) in [7, 11) is 0. The third-order valence-electron chi connectivity index (χ3n) is 5.74. The Morgan fingerprint density at radius 3 is 2.45 bits per heavy atom. The molecular formula is C27H24BrNO4. The predicted octanol–water partition coefficient (Wildman–Crippen LogP) is 6.09. The van der Waals surface area contributed by atoms with Gasteiger partial charge in [0.1, 0.15) is 11.5 Å². The monoisotopic (exact) mass is 505 g/mol. The molecule has 1 aliphatic rings. The van der Waals surface area contributed by atoms with Crippen LogP contribution in [0.1, 0.15) is 35.2 Å². The summed E-state index contributed by atoms with van der Waals surface area (Å²) in [5.74, 6) is -0.966. The molecule has 1 atom stereocenters. The van der Waals surface area contributed by atoms with Gasteiger partial charge in [-0.05, 0) is 67.8 Å². The van der Waals surface area contributed by atoms with E-state index in [1.54, 1.807) is 12.1 Å². The second-order valence-electron chi connectivity index (χ2n) is 7.93. The maximum absolute atomic E-state index is 13.3. The number of anilines is 1. The van der Waals surface area contributed by atoms with E-state index in [-0.39, 0.29) is 11.3 Å². The van der Waals surface area contributed by atoms with Crippen LogP contribution in [0.2, 0.25) is 0 Å². The molecule has 1 amide bonds. The average molecular weight is 506 g/mol. The first-order valence-corrected chi connectivity index (χ1v) is 11.5. The van der Waals surface area contributed by atoms with Gasteiger partial charge in [0.25, 0.3) is 11.7 Å². The summed E-state index contributed by atoms with van der Waals surface area (Å²) in [6.45, 7) is 6.16. The number of aliphatic hydroxyl groups excluding tert-OH is 1. The number of halogens is 1. The molecule has 0 saturated carbocycles. The lowest BCUT2D eigenvalue weighted by molar-refractivity contribution is -0.132. The van der Waals surface area contributed by atoms with Crippen molar-refractivity contribution in [1.82, 2.24) is 0 Å². The van der Waals surface area contributed by atoms with E-state index in [1.807, 2.05) is 75.4 Å². The Kier molecular flexibility index (Phi) is 6.38. The Bertz CT molecular complexity index is 1280. The summed E-state index contributed by atoms with van der Waals surface area (Å²) in [5, 5.41) is 11.3. The third kappa shape index (κ3) is 4.18. The molecular weight excluding hydrogens is 482 g/mol. The van der Waals surface area contributed by atoms with Gasteiger partial charge in [-0.25, -0.2) is 0 Å².